The number of nitro groups is 1. The topological polar surface area (TPSA) is 132 Å². The first-order chi connectivity index (χ1) is 13.4. The van der Waals surface area contributed by atoms with Gasteiger partial charge < -0.3 is 14.8 Å². The van der Waals surface area contributed by atoms with E-state index in [4.69, 9.17) is 9.47 Å². The van der Waals surface area contributed by atoms with Gasteiger partial charge in [0.25, 0.3) is 11.6 Å². The van der Waals surface area contributed by atoms with Crippen molar-refractivity contribution in [2.24, 2.45) is 10.2 Å². The van der Waals surface area contributed by atoms with Crippen LogP contribution in [0.15, 0.2) is 52.7 Å². The van der Waals surface area contributed by atoms with Crippen LogP contribution >= 0.6 is 0 Å². The molecule has 0 aromatic heterocycles. The highest BCUT2D eigenvalue weighted by molar-refractivity contribution is 6.10. The van der Waals surface area contributed by atoms with Gasteiger partial charge in [-0.3, -0.25) is 19.7 Å². The van der Waals surface area contributed by atoms with Crippen molar-refractivity contribution in [2.45, 2.75) is 13.0 Å². The van der Waals surface area contributed by atoms with Gasteiger partial charge in [0.05, 0.1) is 30.9 Å². The van der Waals surface area contributed by atoms with Gasteiger partial charge in [-0.1, -0.05) is 12.1 Å². The number of hydrogen-bond acceptors (Lipinski definition) is 8. The number of ether oxygens (including phenoxy) is 2. The summed E-state index contributed by atoms with van der Waals surface area (Å²) >= 11 is 0. The van der Waals surface area contributed by atoms with Crippen molar-refractivity contribution in [3.05, 3.63) is 52.6 Å². The van der Waals surface area contributed by atoms with E-state index in [9.17, 15) is 19.7 Å². The number of nitro benzene ring substituents is 1. The Morgan fingerprint density at radius 1 is 1.11 bits per heavy atom. The lowest BCUT2D eigenvalue weighted by molar-refractivity contribution is -0.384. The van der Waals surface area contributed by atoms with Crippen LogP contribution in [-0.4, -0.2) is 36.9 Å². The second kappa shape index (κ2) is 9.21. The van der Waals surface area contributed by atoms with Gasteiger partial charge in [-0.2, -0.15) is 10.2 Å². The number of benzene rings is 2. The van der Waals surface area contributed by atoms with Gasteiger partial charge in [-0.05, 0) is 25.1 Å². The summed E-state index contributed by atoms with van der Waals surface area (Å²) in [5.41, 5.74) is 0.335. The molecule has 0 saturated heterocycles. The second-order valence-corrected chi connectivity index (χ2v) is 5.53. The first-order valence-electron chi connectivity index (χ1n) is 8.05. The Bertz CT molecular complexity index is 928. The smallest absolute Gasteiger partial charge is 0.273 e. The molecule has 1 N–H and O–H groups in total. The number of nitrogens with zero attached hydrogens (tertiary/aromatic N) is 3. The first-order valence-corrected chi connectivity index (χ1v) is 8.05. The van der Waals surface area contributed by atoms with E-state index in [0.29, 0.717) is 11.4 Å². The van der Waals surface area contributed by atoms with E-state index < -0.39 is 22.7 Å². The largest absolute Gasteiger partial charge is 0.495 e. The number of rotatable bonds is 8. The molecule has 0 radical (unpaired) electrons. The molecule has 0 aliphatic carbocycles. The Labute approximate surface area is 160 Å². The molecular weight excluding hydrogens is 368 g/mol. The van der Waals surface area contributed by atoms with Crippen molar-refractivity contribution >= 4 is 28.8 Å². The molecule has 0 spiro atoms. The third kappa shape index (κ3) is 4.87. The minimum atomic E-state index is -1.41. The average molecular weight is 386 g/mol. The van der Waals surface area contributed by atoms with Crippen molar-refractivity contribution in [3.8, 4) is 11.5 Å². The lowest BCUT2D eigenvalue weighted by Gasteiger charge is -2.12. The maximum Gasteiger partial charge on any atom is 0.273 e. The Kier molecular flexibility index (Phi) is 6.74. The Hall–Kier alpha value is -3.82. The van der Waals surface area contributed by atoms with Crippen LogP contribution in [0.25, 0.3) is 0 Å². The number of ketones is 1. The van der Waals surface area contributed by atoms with Gasteiger partial charge in [0, 0.05) is 6.07 Å². The summed E-state index contributed by atoms with van der Waals surface area (Å²) < 4.78 is 10.2. The van der Waals surface area contributed by atoms with Crippen molar-refractivity contribution in [1.29, 1.82) is 0 Å². The van der Waals surface area contributed by atoms with E-state index in [1.165, 1.54) is 39.3 Å². The van der Waals surface area contributed by atoms with Crippen LogP contribution in [-0.2, 0) is 9.59 Å². The number of Topliss-reactive ketones (excluding diaryl/α,β-unsaturated/α-hetero) is 1. The van der Waals surface area contributed by atoms with Crippen LogP contribution in [0.2, 0.25) is 0 Å². The molecular formula is C18H18N4O6. The molecule has 10 nitrogen and oxygen atoms in total. The fraction of sp³-hybridized carbons (Fsp3) is 0.222. The first kappa shape index (κ1) is 20.5. The summed E-state index contributed by atoms with van der Waals surface area (Å²) in [6.45, 7) is 1.21. The van der Waals surface area contributed by atoms with Gasteiger partial charge in [-0.25, -0.2) is 0 Å². The second-order valence-electron chi connectivity index (χ2n) is 5.53. The predicted octanol–water partition coefficient (Wildman–Crippen LogP) is 3.29. The minimum Gasteiger partial charge on any atom is -0.495 e. The standard InChI is InChI=1S/C18H18N4O6/c1-11(23)17(18(24)19-13-6-4-5-7-15(13)27-2)21-20-14-9-8-12(22(25)26)10-16(14)28-3/h4-10,17H,1-3H3,(H,19,24)/t17-/m1/s1. The summed E-state index contributed by atoms with van der Waals surface area (Å²) in [7, 11) is 2.77. The molecule has 0 bridgehead atoms. The number of nitrogens with one attached hydrogen (secondary N) is 1. The zero-order valence-electron chi connectivity index (χ0n) is 15.4. The molecule has 28 heavy (non-hydrogen) atoms. The SMILES string of the molecule is COc1cc([N+](=O)[O-])ccc1N=N[C@H](C(C)=O)C(=O)Nc1ccccc1OC. The maximum absolute atomic E-state index is 12.5. The van der Waals surface area contributed by atoms with E-state index >= 15 is 0 Å². The predicted molar refractivity (Wildman–Crippen MR) is 100 cm³/mol. The van der Waals surface area contributed by atoms with Gasteiger partial charge >= 0.3 is 0 Å². The van der Waals surface area contributed by atoms with Crippen LogP contribution < -0.4 is 14.8 Å². The van der Waals surface area contributed by atoms with Crippen LogP contribution in [0, 0.1) is 10.1 Å². The van der Waals surface area contributed by atoms with E-state index in [-0.39, 0.29) is 17.1 Å². The van der Waals surface area contributed by atoms with E-state index in [0.717, 1.165) is 0 Å². The summed E-state index contributed by atoms with van der Waals surface area (Å²) in [6.07, 6.45) is 0. The zero-order chi connectivity index (χ0) is 20.7. The molecule has 0 fully saturated rings. The van der Waals surface area contributed by atoms with Crippen LogP contribution in [0.1, 0.15) is 6.92 Å². The zero-order valence-corrected chi connectivity index (χ0v) is 15.4. The lowest BCUT2D eigenvalue weighted by Crippen LogP contribution is -2.31. The molecule has 0 unspecified atom stereocenters. The lowest BCUT2D eigenvalue weighted by atomic mass is 10.2. The van der Waals surface area contributed by atoms with E-state index in [1.54, 1.807) is 24.3 Å². The van der Waals surface area contributed by atoms with Crippen molar-refractivity contribution < 1.29 is 24.0 Å². The molecule has 0 saturated carbocycles. The van der Waals surface area contributed by atoms with Crippen molar-refractivity contribution in [2.75, 3.05) is 19.5 Å². The summed E-state index contributed by atoms with van der Waals surface area (Å²) in [6, 6.07) is 8.99. The number of carbonyl (C=O) groups excluding carboxylic acids is 2. The number of amides is 1. The maximum atomic E-state index is 12.5. The molecule has 2 aromatic rings. The highest BCUT2D eigenvalue weighted by Gasteiger charge is 2.24. The summed E-state index contributed by atoms with van der Waals surface area (Å²) in [5.74, 6) is -0.712. The molecule has 146 valence electrons. The van der Waals surface area contributed by atoms with Gasteiger partial charge in [0.2, 0.25) is 6.04 Å². The normalized spacial score (nSPS) is 11.7. The third-order valence-electron chi connectivity index (χ3n) is 3.65. The number of anilines is 1. The summed E-state index contributed by atoms with van der Waals surface area (Å²) in [4.78, 5) is 34.6. The third-order valence-corrected chi connectivity index (χ3v) is 3.65. The molecule has 0 heterocycles. The number of methoxy groups -OCH3 is 2. The number of non-ortho nitro benzene ring substituents is 1. The number of hydrogen-bond donors (Lipinski definition) is 1. The van der Waals surface area contributed by atoms with Crippen LogP contribution in [0.4, 0.5) is 17.1 Å². The Morgan fingerprint density at radius 2 is 1.79 bits per heavy atom. The van der Waals surface area contributed by atoms with Gasteiger partial charge in [0.15, 0.2) is 11.5 Å². The number of azo groups is 1. The molecule has 10 heteroatoms. The van der Waals surface area contributed by atoms with Crippen molar-refractivity contribution in [1.82, 2.24) is 0 Å². The molecule has 1 atom stereocenters. The minimum absolute atomic E-state index is 0.0883. The molecule has 2 rings (SSSR count). The highest BCUT2D eigenvalue weighted by Crippen LogP contribution is 2.32. The molecule has 0 aliphatic rings. The molecule has 0 aliphatic heterocycles. The fourth-order valence-electron chi connectivity index (χ4n) is 2.25. The van der Waals surface area contributed by atoms with Crippen LogP contribution in [0.5, 0.6) is 11.5 Å². The highest BCUT2D eigenvalue weighted by atomic mass is 16.6. The average Bonchev–Trinajstić information content (AvgIpc) is 2.68. The summed E-state index contributed by atoms with van der Waals surface area (Å²) in [5, 5.41) is 21.1. The Balaban J connectivity index is 2.26. The number of para-hydroxylation sites is 2. The van der Waals surface area contributed by atoms with Crippen molar-refractivity contribution in [3.63, 3.8) is 0 Å². The van der Waals surface area contributed by atoms with E-state index in [2.05, 4.69) is 15.5 Å². The van der Waals surface area contributed by atoms with Gasteiger partial charge in [-0.15, -0.1) is 0 Å². The Morgan fingerprint density at radius 3 is 2.39 bits per heavy atom. The molecule has 1 amide bonds. The molecule has 2 aromatic carbocycles. The van der Waals surface area contributed by atoms with Gasteiger partial charge in [0.1, 0.15) is 11.4 Å². The van der Waals surface area contributed by atoms with E-state index in [1.807, 2.05) is 0 Å². The monoisotopic (exact) mass is 386 g/mol. The quantitative estimate of drug-likeness (QED) is 0.320. The van der Waals surface area contributed by atoms with Crippen LogP contribution in [0.3, 0.4) is 0 Å². The number of carbonyl (C=O) groups is 2. The fourth-order valence-corrected chi connectivity index (χ4v) is 2.25.